The lowest BCUT2D eigenvalue weighted by Crippen LogP contribution is -2.28. The zero-order valence-corrected chi connectivity index (χ0v) is 17.0. The maximum absolute atomic E-state index is 12.9. The number of carbonyl (C=O) groups is 1. The first-order valence-electron chi connectivity index (χ1n) is 9.76. The predicted octanol–water partition coefficient (Wildman–Crippen LogP) is 3.42. The molecule has 1 aliphatic carbocycles. The van der Waals surface area contributed by atoms with E-state index >= 15 is 0 Å². The minimum atomic E-state index is -0.203. The number of aromatic nitrogens is 1. The Bertz CT molecular complexity index is 1020. The molecule has 0 atom stereocenters. The van der Waals surface area contributed by atoms with E-state index in [0.29, 0.717) is 17.0 Å². The number of nitrogens with one attached hydrogen (secondary N) is 3. The molecular weight excluding hydrogens is 350 g/mol. The number of hydrogen-bond donors (Lipinski definition) is 3. The summed E-state index contributed by atoms with van der Waals surface area (Å²) in [6, 6.07) is 5.75. The number of H-pyrrole nitrogens is 1. The normalized spacial score (nSPS) is 12.9. The lowest BCUT2D eigenvalue weighted by Gasteiger charge is -2.14. The van der Waals surface area contributed by atoms with Gasteiger partial charge in [0.25, 0.3) is 11.5 Å². The number of aryl methyl sites for hydroxylation is 2. The summed E-state index contributed by atoms with van der Waals surface area (Å²) in [5, 5.41) is 6.21. The van der Waals surface area contributed by atoms with Crippen LogP contribution in [0.25, 0.3) is 0 Å². The highest BCUT2D eigenvalue weighted by atomic mass is 16.1. The van der Waals surface area contributed by atoms with Crippen molar-refractivity contribution in [2.75, 3.05) is 11.9 Å². The third kappa shape index (κ3) is 4.64. The van der Waals surface area contributed by atoms with Crippen LogP contribution in [0, 0.1) is 38.5 Å². The Morgan fingerprint density at radius 3 is 2.61 bits per heavy atom. The molecule has 0 aliphatic heterocycles. The summed E-state index contributed by atoms with van der Waals surface area (Å²) in [6.45, 7) is 8.62. The maximum atomic E-state index is 12.9. The first-order valence-corrected chi connectivity index (χ1v) is 9.76. The molecule has 1 fully saturated rings. The molecule has 5 heteroatoms. The van der Waals surface area contributed by atoms with Gasteiger partial charge in [0.2, 0.25) is 0 Å². The van der Waals surface area contributed by atoms with Crippen LogP contribution < -0.4 is 16.2 Å². The average Bonchev–Trinajstić information content (AvgIpc) is 3.45. The van der Waals surface area contributed by atoms with Gasteiger partial charge in [0, 0.05) is 47.1 Å². The number of benzene rings is 1. The molecule has 2 aromatic rings. The molecule has 1 amide bonds. The Morgan fingerprint density at radius 2 is 1.96 bits per heavy atom. The number of amides is 1. The van der Waals surface area contributed by atoms with Crippen LogP contribution >= 0.6 is 0 Å². The first-order chi connectivity index (χ1) is 13.4. The van der Waals surface area contributed by atoms with Crippen molar-refractivity contribution >= 4 is 11.6 Å². The van der Waals surface area contributed by atoms with Gasteiger partial charge in [0.05, 0.1) is 0 Å². The second-order valence-corrected chi connectivity index (χ2v) is 7.40. The van der Waals surface area contributed by atoms with E-state index < -0.39 is 0 Å². The Labute approximate surface area is 166 Å². The van der Waals surface area contributed by atoms with Crippen LogP contribution in [0.15, 0.2) is 23.0 Å². The molecule has 3 N–H and O–H groups in total. The molecule has 0 unspecified atom stereocenters. The molecule has 0 spiro atoms. The summed E-state index contributed by atoms with van der Waals surface area (Å²) in [4.78, 5) is 27.9. The van der Waals surface area contributed by atoms with Crippen molar-refractivity contribution in [1.82, 2.24) is 10.3 Å². The summed E-state index contributed by atoms with van der Waals surface area (Å²) in [6.07, 6.45) is 2.33. The standard InChI is InChI=1S/C23H27N3O2/c1-5-24-21-12-18(9-8-17-6-7-17)11-19(16(21)4)22(27)25-13-20-14(2)10-15(3)26-23(20)28/h10-12,17,24H,5-7,13H2,1-4H3,(H,25,27)(H,26,28). The molecule has 0 bridgehead atoms. The van der Waals surface area contributed by atoms with E-state index in [2.05, 4.69) is 27.5 Å². The number of rotatable bonds is 5. The highest BCUT2D eigenvalue weighted by molar-refractivity contribution is 5.97. The van der Waals surface area contributed by atoms with Crippen LogP contribution in [-0.4, -0.2) is 17.4 Å². The third-order valence-electron chi connectivity index (χ3n) is 4.94. The Kier molecular flexibility index (Phi) is 5.89. The van der Waals surface area contributed by atoms with Gasteiger partial charge in [-0.1, -0.05) is 11.8 Å². The minimum Gasteiger partial charge on any atom is -0.385 e. The van der Waals surface area contributed by atoms with Crippen molar-refractivity contribution in [1.29, 1.82) is 0 Å². The van der Waals surface area contributed by atoms with Crippen molar-refractivity contribution in [3.63, 3.8) is 0 Å². The van der Waals surface area contributed by atoms with Gasteiger partial charge in [-0.2, -0.15) is 0 Å². The largest absolute Gasteiger partial charge is 0.385 e. The molecule has 0 radical (unpaired) electrons. The second kappa shape index (κ2) is 8.35. The van der Waals surface area contributed by atoms with Gasteiger partial charge in [-0.3, -0.25) is 9.59 Å². The summed E-state index contributed by atoms with van der Waals surface area (Å²) in [7, 11) is 0. The fourth-order valence-corrected chi connectivity index (χ4v) is 3.17. The van der Waals surface area contributed by atoms with Gasteiger partial charge < -0.3 is 15.6 Å². The zero-order valence-electron chi connectivity index (χ0n) is 17.0. The second-order valence-electron chi connectivity index (χ2n) is 7.40. The van der Waals surface area contributed by atoms with Gasteiger partial charge in [-0.15, -0.1) is 0 Å². The topological polar surface area (TPSA) is 74.0 Å². The molecule has 1 aromatic heterocycles. The minimum absolute atomic E-state index is 0.160. The van der Waals surface area contributed by atoms with Gasteiger partial charge in [-0.05, 0) is 69.9 Å². The lowest BCUT2D eigenvalue weighted by molar-refractivity contribution is 0.0950. The summed E-state index contributed by atoms with van der Waals surface area (Å²) in [5.41, 5.74) is 5.31. The highest BCUT2D eigenvalue weighted by Gasteiger charge is 2.18. The summed E-state index contributed by atoms with van der Waals surface area (Å²) < 4.78 is 0. The van der Waals surface area contributed by atoms with E-state index in [1.807, 2.05) is 45.9 Å². The fourth-order valence-electron chi connectivity index (χ4n) is 3.17. The number of anilines is 1. The Balaban J connectivity index is 1.86. The third-order valence-corrected chi connectivity index (χ3v) is 4.94. The smallest absolute Gasteiger partial charge is 0.253 e. The SMILES string of the molecule is CCNc1cc(C#CC2CC2)cc(C(=O)NCc2c(C)cc(C)[nH]c2=O)c1C. The van der Waals surface area contributed by atoms with Gasteiger partial charge >= 0.3 is 0 Å². The van der Waals surface area contributed by atoms with E-state index in [1.54, 1.807) is 0 Å². The maximum Gasteiger partial charge on any atom is 0.253 e. The van der Waals surface area contributed by atoms with Crippen LogP contribution in [-0.2, 0) is 6.54 Å². The van der Waals surface area contributed by atoms with Crippen LogP contribution in [0.4, 0.5) is 5.69 Å². The Hall–Kier alpha value is -3.00. The van der Waals surface area contributed by atoms with Crippen LogP contribution in [0.2, 0.25) is 0 Å². The van der Waals surface area contributed by atoms with Gasteiger partial charge in [0.15, 0.2) is 0 Å². The average molecular weight is 377 g/mol. The van der Waals surface area contributed by atoms with Gasteiger partial charge in [-0.25, -0.2) is 0 Å². The number of carbonyl (C=O) groups excluding carboxylic acids is 1. The number of pyridine rings is 1. The van der Waals surface area contributed by atoms with Crippen molar-refractivity contribution in [3.8, 4) is 11.8 Å². The monoisotopic (exact) mass is 377 g/mol. The van der Waals surface area contributed by atoms with Crippen molar-refractivity contribution in [2.24, 2.45) is 5.92 Å². The molecule has 3 rings (SSSR count). The highest BCUT2D eigenvalue weighted by Crippen LogP contribution is 2.28. The number of aromatic amines is 1. The van der Waals surface area contributed by atoms with Crippen molar-refractivity contribution in [3.05, 3.63) is 62.1 Å². The molecule has 1 saturated carbocycles. The molecule has 146 valence electrons. The van der Waals surface area contributed by atoms with Gasteiger partial charge in [0.1, 0.15) is 0 Å². The molecule has 1 heterocycles. The first kappa shape index (κ1) is 19.8. The Morgan fingerprint density at radius 1 is 1.21 bits per heavy atom. The fraction of sp³-hybridized carbons (Fsp3) is 0.391. The zero-order chi connectivity index (χ0) is 20.3. The van der Waals surface area contributed by atoms with Crippen LogP contribution in [0.5, 0.6) is 0 Å². The van der Waals surface area contributed by atoms with E-state index in [0.717, 1.165) is 47.5 Å². The molecule has 5 nitrogen and oxygen atoms in total. The lowest BCUT2D eigenvalue weighted by atomic mass is 10.0. The number of hydrogen-bond acceptors (Lipinski definition) is 3. The van der Waals surface area contributed by atoms with E-state index in [9.17, 15) is 9.59 Å². The summed E-state index contributed by atoms with van der Waals surface area (Å²) in [5.74, 6) is 6.75. The summed E-state index contributed by atoms with van der Waals surface area (Å²) >= 11 is 0. The van der Waals surface area contributed by atoms with Crippen LogP contribution in [0.1, 0.15) is 58.1 Å². The quantitative estimate of drug-likeness (QED) is 0.699. The molecule has 1 aromatic carbocycles. The van der Waals surface area contributed by atoms with E-state index in [1.165, 1.54) is 0 Å². The molecular formula is C23H27N3O2. The van der Waals surface area contributed by atoms with E-state index in [-0.39, 0.29) is 18.0 Å². The van der Waals surface area contributed by atoms with Crippen molar-refractivity contribution < 1.29 is 4.79 Å². The molecule has 1 aliphatic rings. The van der Waals surface area contributed by atoms with Crippen molar-refractivity contribution in [2.45, 2.75) is 47.1 Å². The predicted molar refractivity (Wildman–Crippen MR) is 113 cm³/mol. The van der Waals surface area contributed by atoms with E-state index in [4.69, 9.17) is 0 Å². The molecule has 0 saturated heterocycles. The molecule has 28 heavy (non-hydrogen) atoms. The van der Waals surface area contributed by atoms with Crippen LogP contribution in [0.3, 0.4) is 0 Å².